The lowest BCUT2D eigenvalue weighted by molar-refractivity contribution is 0.0937. The van der Waals surface area contributed by atoms with Gasteiger partial charge in [-0.2, -0.15) is 0 Å². The van der Waals surface area contributed by atoms with Crippen LogP contribution in [0.25, 0.3) is 0 Å². The van der Waals surface area contributed by atoms with Gasteiger partial charge in [0.05, 0.1) is 17.7 Å². The van der Waals surface area contributed by atoms with E-state index in [1.54, 1.807) is 36.4 Å². The second-order valence-electron chi connectivity index (χ2n) is 8.01. The summed E-state index contributed by atoms with van der Waals surface area (Å²) in [7, 11) is -2.42. The third-order valence-electron chi connectivity index (χ3n) is 5.61. The van der Waals surface area contributed by atoms with Crippen LogP contribution < -0.4 is 14.8 Å². The maximum absolute atomic E-state index is 12.9. The number of nitrogens with one attached hydrogen (secondary N) is 2. The van der Waals surface area contributed by atoms with Gasteiger partial charge < -0.3 is 10.1 Å². The predicted octanol–water partition coefficient (Wildman–Crippen LogP) is 3.50. The van der Waals surface area contributed by atoms with E-state index in [1.165, 1.54) is 24.8 Å². The summed E-state index contributed by atoms with van der Waals surface area (Å²) in [5, 5.41) is 3.04. The smallest absolute Gasteiger partial charge is 0.262 e. The van der Waals surface area contributed by atoms with Crippen molar-refractivity contribution in [2.45, 2.75) is 23.9 Å². The predicted molar refractivity (Wildman–Crippen MR) is 128 cm³/mol. The molecule has 1 unspecified atom stereocenters. The molecule has 0 bridgehead atoms. The van der Waals surface area contributed by atoms with Crippen molar-refractivity contribution in [3.8, 4) is 5.75 Å². The maximum atomic E-state index is 12.9. The fourth-order valence-corrected chi connectivity index (χ4v) is 5.06. The summed E-state index contributed by atoms with van der Waals surface area (Å²) in [6.45, 7) is 2.50. The van der Waals surface area contributed by atoms with E-state index in [0.29, 0.717) is 17.0 Å². The van der Waals surface area contributed by atoms with Crippen LogP contribution in [0.2, 0.25) is 0 Å². The molecule has 1 fully saturated rings. The number of nitrogens with zero attached hydrogens (tertiary/aromatic N) is 1. The van der Waals surface area contributed by atoms with Crippen LogP contribution in [0.3, 0.4) is 0 Å². The van der Waals surface area contributed by atoms with Crippen LogP contribution >= 0.6 is 0 Å². The van der Waals surface area contributed by atoms with Gasteiger partial charge in [-0.25, -0.2) is 8.42 Å². The molecule has 1 amide bonds. The minimum atomic E-state index is -3.89. The third-order valence-corrected chi connectivity index (χ3v) is 6.98. The molecule has 3 aromatic carbocycles. The Kier molecular flexibility index (Phi) is 6.96. The first-order valence-electron chi connectivity index (χ1n) is 10.8. The second-order valence-corrected chi connectivity index (χ2v) is 9.70. The standard InChI is InChI=1S/C25H27N3O4S/c1-32-24-13-6-5-12-23(24)27-33(30,31)22-11-7-10-20(16-22)25(29)26-21-14-15-28(18-21)17-19-8-3-2-4-9-19/h2-13,16,21,27H,14-15,17-18H2,1H3,(H,26,29). The zero-order valence-electron chi connectivity index (χ0n) is 18.4. The number of hydrogen-bond acceptors (Lipinski definition) is 5. The van der Waals surface area contributed by atoms with Gasteiger partial charge in [-0.15, -0.1) is 0 Å². The average molecular weight is 466 g/mol. The lowest BCUT2D eigenvalue weighted by Gasteiger charge is -2.17. The number of anilines is 1. The van der Waals surface area contributed by atoms with E-state index < -0.39 is 10.0 Å². The van der Waals surface area contributed by atoms with Crippen LogP contribution in [-0.4, -0.2) is 45.5 Å². The molecule has 1 aliphatic heterocycles. The van der Waals surface area contributed by atoms with E-state index in [1.807, 2.05) is 18.2 Å². The molecule has 4 rings (SSSR count). The van der Waals surface area contributed by atoms with Crippen molar-refractivity contribution < 1.29 is 17.9 Å². The quantitative estimate of drug-likeness (QED) is 0.532. The molecule has 1 heterocycles. The molecule has 0 aliphatic carbocycles. The van der Waals surface area contributed by atoms with Crippen LogP contribution in [-0.2, 0) is 16.6 Å². The summed E-state index contributed by atoms with van der Waals surface area (Å²) in [6.07, 6.45) is 0.853. The first kappa shape index (κ1) is 22.8. The number of rotatable bonds is 8. The highest BCUT2D eigenvalue weighted by Gasteiger charge is 2.25. The number of methoxy groups -OCH3 is 1. The first-order chi connectivity index (χ1) is 15.9. The van der Waals surface area contributed by atoms with Gasteiger partial charge >= 0.3 is 0 Å². The molecule has 3 aromatic rings. The van der Waals surface area contributed by atoms with Crippen molar-refractivity contribution >= 4 is 21.6 Å². The number of para-hydroxylation sites is 2. The Morgan fingerprint density at radius 2 is 1.79 bits per heavy atom. The molecule has 8 heteroatoms. The van der Waals surface area contributed by atoms with Crippen LogP contribution in [0, 0.1) is 0 Å². The molecule has 1 aliphatic rings. The Morgan fingerprint density at radius 3 is 2.58 bits per heavy atom. The molecule has 0 aromatic heterocycles. The highest BCUT2D eigenvalue weighted by molar-refractivity contribution is 7.92. The molecule has 172 valence electrons. The Balaban J connectivity index is 1.40. The molecule has 1 atom stereocenters. The van der Waals surface area contributed by atoms with Gasteiger partial charge in [0.15, 0.2) is 0 Å². The molecular formula is C25H27N3O4S. The van der Waals surface area contributed by atoms with Crippen molar-refractivity contribution in [1.29, 1.82) is 0 Å². The average Bonchev–Trinajstić information content (AvgIpc) is 3.26. The fourth-order valence-electron chi connectivity index (χ4n) is 3.94. The SMILES string of the molecule is COc1ccccc1NS(=O)(=O)c1cccc(C(=O)NC2CCN(Cc3ccccc3)C2)c1. The van der Waals surface area contributed by atoms with Gasteiger partial charge in [-0.05, 0) is 42.3 Å². The molecule has 0 radical (unpaired) electrons. The number of ether oxygens (including phenoxy) is 1. The number of hydrogen-bond donors (Lipinski definition) is 2. The summed E-state index contributed by atoms with van der Waals surface area (Å²) < 4.78 is 33.5. The molecular weight excluding hydrogens is 438 g/mol. The molecule has 0 saturated carbocycles. The molecule has 0 spiro atoms. The fraction of sp³-hybridized carbons (Fsp3) is 0.240. The van der Waals surface area contributed by atoms with E-state index in [2.05, 4.69) is 27.1 Å². The first-order valence-corrected chi connectivity index (χ1v) is 12.3. The Morgan fingerprint density at radius 1 is 1.03 bits per heavy atom. The van der Waals surface area contributed by atoms with Gasteiger partial charge in [-0.3, -0.25) is 14.4 Å². The minimum absolute atomic E-state index is 0.0122. The second kappa shape index (κ2) is 10.1. The lowest BCUT2D eigenvalue weighted by Crippen LogP contribution is -2.37. The number of amides is 1. The summed E-state index contributed by atoms with van der Waals surface area (Å²) >= 11 is 0. The highest BCUT2D eigenvalue weighted by atomic mass is 32.2. The Labute approximate surface area is 194 Å². The normalized spacial score (nSPS) is 16.3. The number of carbonyl (C=O) groups excluding carboxylic acids is 1. The topological polar surface area (TPSA) is 87.7 Å². The maximum Gasteiger partial charge on any atom is 0.262 e. The minimum Gasteiger partial charge on any atom is -0.495 e. The van der Waals surface area contributed by atoms with E-state index >= 15 is 0 Å². The molecule has 2 N–H and O–H groups in total. The zero-order valence-corrected chi connectivity index (χ0v) is 19.2. The van der Waals surface area contributed by atoms with Crippen molar-refractivity contribution in [2.24, 2.45) is 0 Å². The van der Waals surface area contributed by atoms with Gasteiger partial charge in [-0.1, -0.05) is 48.5 Å². The van der Waals surface area contributed by atoms with Crippen molar-refractivity contribution in [3.05, 3.63) is 90.0 Å². The van der Waals surface area contributed by atoms with Gasteiger partial charge in [0.1, 0.15) is 5.75 Å². The number of likely N-dealkylation sites (tertiary alicyclic amines) is 1. The molecule has 33 heavy (non-hydrogen) atoms. The van der Waals surface area contributed by atoms with Gasteiger partial charge in [0.2, 0.25) is 0 Å². The zero-order chi connectivity index (χ0) is 23.3. The summed E-state index contributed by atoms with van der Waals surface area (Å²) in [4.78, 5) is 15.2. The van der Waals surface area contributed by atoms with Crippen molar-refractivity contribution in [2.75, 3.05) is 24.9 Å². The van der Waals surface area contributed by atoms with Gasteiger partial charge in [0, 0.05) is 31.2 Å². The molecule has 1 saturated heterocycles. The summed E-state index contributed by atoms with van der Waals surface area (Å²) in [5.74, 6) is 0.132. The number of sulfonamides is 1. The number of benzene rings is 3. The third kappa shape index (κ3) is 5.71. The van der Waals surface area contributed by atoms with E-state index in [-0.39, 0.29) is 16.8 Å². The monoisotopic (exact) mass is 465 g/mol. The van der Waals surface area contributed by atoms with Gasteiger partial charge in [0.25, 0.3) is 15.9 Å². The van der Waals surface area contributed by atoms with Crippen LogP contribution in [0.1, 0.15) is 22.3 Å². The summed E-state index contributed by atoms with van der Waals surface area (Å²) in [6, 6.07) is 23.1. The van der Waals surface area contributed by atoms with E-state index in [4.69, 9.17) is 4.74 Å². The molecule has 7 nitrogen and oxygen atoms in total. The van der Waals surface area contributed by atoms with Crippen molar-refractivity contribution in [3.63, 3.8) is 0 Å². The number of carbonyl (C=O) groups is 1. The largest absolute Gasteiger partial charge is 0.495 e. The lowest BCUT2D eigenvalue weighted by atomic mass is 10.2. The van der Waals surface area contributed by atoms with Crippen LogP contribution in [0.4, 0.5) is 5.69 Å². The Hall–Kier alpha value is -3.36. The van der Waals surface area contributed by atoms with E-state index in [9.17, 15) is 13.2 Å². The van der Waals surface area contributed by atoms with E-state index in [0.717, 1.165) is 26.1 Å². The summed E-state index contributed by atoms with van der Waals surface area (Å²) in [5.41, 5.74) is 1.88. The van der Waals surface area contributed by atoms with Crippen LogP contribution in [0.5, 0.6) is 5.75 Å². The van der Waals surface area contributed by atoms with Crippen LogP contribution in [0.15, 0.2) is 83.8 Å². The van der Waals surface area contributed by atoms with Crippen molar-refractivity contribution in [1.82, 2.24) is 10.2 Å². The highest BCUT2D eigenvalue weighted by Crippen LogP contribution is 2.26. The Bertz CT molecular complexity index is 1220.